The van der Waals surface area contributed by atoms with Crippen LogP contribution in [0.2, 0.25) is 0 Å². The molecule has 7 nitrogen and oxygen atoms in total. The molecule has 2 fully saturated rings. The standard InChI is InChI=1S/C19H25N3O4/c1-2-26-16-7-5-15(6-8-16)22-12-14(10-17(22)23)19(25)21-9-3-4-13(11-21)18(20)24/h5-8,13-14H,2-4,9-12H2,1H3,(H2,20,24)/t13-,14-/m0/s1. The van der Waals surface area contributed by atoms with E-state index < -0.39 is 0 Å². The van der Waals surface area contributed by atoms with Gasteiger partial charge >= 0.3 is 0 Å². The predicted molar refractivity (Wildman–Crippen MR) is 96.6 cm³/mol. The van der Waals surface area contributed by atoms with Gasteiger partial charge in [-0.05, 0) is 44.0 Å². The summed E-state index contributed by atoms with van der Waals surface area (Å²) in [6.45, 7) is 3.85. The molecule has 3 rings (SSSR count). The minimum Gasteiger partial charge on any atom is -0.494 e. The maximum absolute atomic E-state index is 12.8. The Bertz CT molecular complexity index is 689. The minimum absolute atomic E-state index is 0.0577. The van der Waals surface area contributed by atoms with Gasteiger partial charge in [0.25, 0.3) is 0 Å². The predicted octanol–water partition coefficient (Wildman–Crippen LogP) is 1.16. The third-order valence-electron chi connectivity index (χ3n) is 5.07. The highest BCUT2D eigenvalue weighted by atomic mass is 16.5. The summed E-state index contributed by atoms with van der Waals surface area (Å²) in [6, 6.07) is 7.31. The number of amides is 3. The number of nitrogens with zero attached hydrogens (tertiary/aromatic N) is 2. The number of hydrogen-bond acceptors (Lipinski definition) is 4. The smallest absolute Gasteiger partial charge is 0.228 e. The lowest BCUT2D eigenvalue weighted by Gasteiger charge is -2.32. The molecule has 0 unspecified atom stereocenters. The Morgan fingerprint density at radius 1 is 1.19 bits per heavy atom. The van der Waals surface area contributed by atoms with E-state index in [1.807, 2.05) is 31.2 Å². The van der Waals surface area contributed by atoms with Crippen molar-refractivity contribution >= 4 is 23.4 Å². The zero-order valence-corrected chi connectivity index (χ0v) is 15.0. The average Bonchev–Trinajstić information content (AvgIpc) is 3.04. The zero-order chi connectivity index (χ0) is 18.7. The first-order chi connectivity index (χ1) is 12.5. The first kappa shape index (κ1) is 18.2. The van der Waals surface area contributed by atoms with Gasteiger partial charge in [-0.15, -0.1) is 0 Å². The lowest BCUT2D eigenvalue weighted by molar-refractivity contribution is -0.139. The average molecular weight is 359 g/mol. The molecule has 2 N–H and O–H groups in total. The van der Waals surface area contributed by atoms with Crippen LogP contribution in [0.5, 0.6) is 5.75 Å². The first-order valence-corrected chi connectivity index (χ1v) is 9.11. The number of likely N-dealkylation sites (tertiary alicyclic amines) is 1. The summed E-state index contributed by atoms with van der Waals surface area (Å²) in [5, 5.41) is 0. The minimum atomic E-state index is -0.374. The Kier molecular flexibility index (Phi) is 5.44. The number of piperidine rings is 1. The molecule has 2 atom stereocenters. The van der Waals surface area contributed by atoms with Crippen molar-refractivity contribution in [2.45, 2.75) is 26.2 Å². The van der Waals surface area contributed by atoms with Crippen molar-refractivity contribution in [1.29, 1.82) is 0 Å². The number of anilines is 1. The van der Waals surface area contributed by atoms with E-state index in [1.165, 1.54) is 0 Å². The fourth-order valence-electron chi connectivity index (χ4n) is 3.68. The molecule has 0 radical (unpaired) electrons. The van der Waals surface area contributed by atoms with E-state index in [-0.39, 0.29) is 36.0 Å². The number of benzene rings is 1. The van der Waals surface area contributed by atoms with Crippen LogP contribution >= 0.6 is 0 Å². The van der Waals surface area contributed by atoms with Gasteiger partial charge in [0.1, 0.15) is 5.75 Å². The highest BCUT2D eigenvalue weighted by molar-refractivity contribution is 6.00. The maximum Gasteiger partial charge on any atom is 0.228 e. The highest BCUT2D eigenvalue weighted by Crippen LogP contribution is 2.29. The summed E-state index contributed by atoms with van der Waals surface area (Å²) in [7, 11) is 0. The van der Waals surface area contributed by atoms with Crippen LogP contribution in [0.3, 0.4) is 0 Å². The number of carbonyl (C=O) groups excluding carboxylic acids is 3. The molecule has 2 saturated heterocycles. The second kappa shape index (κ2) is 7.76. The van der Waals surface area contributed by atoms with Crippen LogP contribution in [-0.2, 0) is 14.4 Å². The molecule has 140 valence electrons. The fourth-order valence-corrected chi connectivity index (χ4v) is 3.68. The Hall–Kier alpha value is -2.57. The van der Waals surface area contributed by atoms with E-state index in [0.717, 1.165) is 24.3 Å². The topological polar surface area (TPSA) is 92.9 Å². The van der Waals surface area contributed by atoms with Crippen LogP contribution in [0.15, 0.2) is 24.3 Å². The number of carbonyl (C=O) groups is 3. The Balaban J connectivity index is 1.65. The molecule has 2 aliphatic heterocycles. The molecular weight excluding hydrogens is 334 g/mol. The SMILES string of the molecule is CCOc1ccc(N2C[C@@H](C(=O)N3CCC[C@H](C(N)=O)C3)CC2=O)cc1. The van der Waals surface area contributed by atoms with Gasteiger partial charge in [0.2, 0.25) is 17.7 Å². The van der Waals surface area contributed by atoms with Gasteiger partial charge < -0.3 is 20.3 Å². The number of nitrogens with two attached hydrogens (primary N) is 1. The van der Waals surface area contributed by atoms with Crippen LogP contribution in [0.25, 0.3) is 0 Å². The molecule has 0 aromatic heterocycles. The summed E-state index contributed by atoms with van der Waals surface area (Å²) in [4.78, 5) is 40.0. The van der Waals surface area contributed by atoms with Crippen molar-refractivity contribution in [3.05, 3.63) is 24.3 Å². The Morgan fingerprint density at radius 3 is 2.58 bits per heavy atom. The molecule has 2 aliphatic rings. The van der Waals surface area contributed by atoms with E-state index in [2.05, 4.69) is 0 Å². The van der Waals surface area contributed by atoms with Crippen molar-refractivity contribution < 1.29 is 19.1 Å². The third kappa shape index (κ3) is 3.81. The quantitative estimate of drug-likeness (QED) is 0.854. The largest absolute Gasteiger partial charge is 0.494 e. The summed E-state index contributed by atoms with van der Waals surface area (Å²) >= 11 is 0. The molecule has 26 heavy (non-hydrogen) atoms. The van der Waals surface area contributed by atoms with E-state index in [9.17, 15) is 14.4 Å². The molecule has 0 saturated carbocycles. The van der Waals surface area contributed by atoms with Crippen LogP contribution in [0.1, 0.15) is 26.2 Å². The molecule has 2 heterocycles. The molecule has 0 bridgehead atoms. The lowest BCUT2D eigenvalue weighted by Crippen LogP contribution is -2.46. The van der Waals surface area contributed by atoms with E-state index in [1.54, 1.807) is 9.80 Å². The molecule has 0 spiro atoms. The van der Waals surface area contributed by atoms with Gasteiger partial charge in [-0.1, -0.05) is 0 Å². The number of primary amides is 1. The van der Waals surface area contributed by atoms with Gasteiger partial charge in [-0.25, -0.2) is 0 Å². The molecule has 1 aromatic rings. The second-order valence-corrected chi connectivity index (χ2v) is 6.86. The summed E-state index contributed by atoms with van der Waals surface area (Å²) < 4.78 is 5.42. The van der Waals surface area contributed by atoms with Gasteiger partial charge in [0, 0.05) is 31.7 Å². The first-order valence-electron chi connectivity index (χ1n) is 9.11. The van der Waals surface area contributed by atoms with Crippen LogP contribution in [0, 0.1) is 11.8 Å². The number of ether oxygens (including phenoxy) is 1. The summed E-state index contributed by atoms with van der Waals surface area (Å²) in [6.07, 6.45) is 1.69. The van der Waals surface area contributed by atoms with Gasteiger partial charge in [0.05, 0.1) is 18.4 Å². The number of rotatable bonds is 5. The second-order valence-electron chi connectivity index (χ2n) is 6.86. The van der Waals surface area contributed by atoms with Crippen molar-refractivity contribution in [1.82, 2.24) is 4.90 Å². The molecule has 0 aliphatic carbocycles. The molecule has 1 aromatic carbocycles. The number of hydrogen-bond donors (Lipinski definition) is 1. The Labute approximate surface area is 153 Å². The van der Waals surface area contributed by atoms with Crippen LogP contribution < -0.4 is 15.4 Å². The van der Waals surface area contributed by atoms with Crippen LogP contribution in [-0.4, -0.2) is 48.9 Å². The normalized spacial score (nSPS) is 23.2. The third-order valence-corrected chi connectivity index (χ3v) is 5.07. The maximum atomic E-state index is 12.8. The summed E-state index contributed by atoms with van der Waals surface area (Å²) in [5.41, 5.74) is 6.15. The zero-order valence-electron chi connectivity index (χ0n) is 15.0. The lowest BCUT2D eigenvalue weighted by atomic mass is 9.96. The monoisotopic (exact) mass is 359 g/mol. The molecular formula is C19H25N3O4. The van der Waals surface area contributed by atoms with Gasteiger partial charge in [-0.2, -0.15) is 0 Å². The van der Waals surface area contributed by atoms with Gasteiger partial charge in [0.15, 0.2) is 0 Å². The van der Waals surface area contributed by atoms with Crippen molar-refractivity contribution in [3.8, 4) is 5.75 Å². The van der Waals surface area contributed by atoms with Crippen molar-refractivity contribution in [2.75, 3.05) is 31.1 Å². The molecule has 3 amide bonds. The van der Waals surface area contributed by atoms with Crippen molar-refractivity contribution in [2.24, 2.45) is 17.6 Å². The van der Waals surface area contributed by atoms with Gasteiger partial charge in [-0.3, -0.25) is 14.4 Å². The van der Waals surface area contributed by atoms with Crippen LogP contribution in [0.4, 0.5) is 5.69 Å². The molecule has 7 heteroatoms. The highest BCUT2D eigenvalue weighted by Gasteiger charge is 2.38. The Morgan fingerprint density at radius 2 is 1.92 bits per heavy atom. The van der Waals surface area contributed by atoms with E-state index >= 15 is 0 Å². The fraction of sp³-hybridized carbons (Fsp3) is 0.526. The van der Waals surface area contributed by atoms with Crippen molar-refractivity contribution in [3.63, 3.8) is 0 Å². The van der Waals surface area contributed by atoms with E-state index in [0.29, 0.717) is 26.2 Å². The van der Waals surface area contributed by atoms with E-state index in [4.69, 9.17) is 10.5 Å². The summed E-state index contributed by atoms with van der Waals surface area (Å²) in [5.74, 6) is -0.385.